The summed E-state index contributed by atoms with van der Waals surface area (Å²) in [5, 5.41) is 13.4. The van der Waals surface area contributed by atoms with Crippen LogP contribution < -0.4 is 4.74 Å². The molecule has 98 valence electrons. The number of para-hydroxylation sites is 1. The van der Waals surface area contributed by atoms with Crippen molar-refractivity contribution >= 4 is 0 Å². The topological polar surface area (TPSA) is 50.8 Å². The highest BCUT2D eigenvalue weighted by atomic mass is 16.5. The molecule has 1 atom stereocenters. The summed E-state index contributed by atoms with van der Waals surface area (Å²) < 4.78 is 7.58. The Labute approximate surface area is 113 Å². The molecule has 1 heterocycles. The molecule has 2 aromatic rings. The summed E-state index contributed by atoms with van der Waals surface area (Å²) in [5.74, 6) is 0.600. The molecule has 0 saturated heterocycles. The molecule has 0 aliphatic heterocycles. The van der Waals surface area contributed by atoms with Gasteiger partial charge in [-0.3, -0.25) is 4.68 Å². The third-order valence-electron chi connectivity index (χ3n) is 3.09. The Morgan fingerprint density at radius 1 is 1.37 bits per heavy atom. The summed E-state index contributed by atoms with van der Waals surface area (Å²) in [6.07, 6.45) is 3.00. The molecule has 0 N–H and O–H groups in total. The molecule has 2 rings (SSSR count). The van der Waals surface area contributed by atoms with Crippen molar-refractivity contribution in [3.05, 3.63) is 47.8 Å². The van der Waals surface area contributed by atoms with Crippen LogP contribution in [0.15, 0.2) is 36.5 Å². The van der Waals surface area contributed by atoms with Gasteiger partial charge in [-0.2, -0.15) is 10.4 Å². The second kappa shape index (κ2) is 6.05. The summed E-state index contributed by atoms with van der Waals surface area (Å²) in [6, 6.07) is 11.7. The van der Waals surface area contributed by atoms with E-state index in [1.165, 1.54) is 0 Å². The molecule has 0 spiro atoms. The van der Waals surface area contributed by atoms with Crippen molar-refractivity contribution in [2.24, 2.45) is 0 Å². The van der Waals surface area contributed by atoms with Crippen molar-refractivity contribution in [3.63, 3.8) is 0 Å². The molecular formula is C15H17N3O. The van der Waals surface area contributed by atoms with Crippen LogP contribution in [0.1, 0.15) is 37.6 Å². The zero-order valence-electron chi connectivity index (χ0n) is 11.2. The van der Waals surface area contributed by atoms with Crippen LogP contribution >= 0.6 is 0 Å². The minimum Gasteiger partial charge on any atom is -0.486 e. The maximum atomic E-state index is 8.97. The van der Waals surface area contributed by atoms with Crippen LogP contribution in [0.3, 0.4) is 0 Å². The fraction of sp³-hybridized carbons (Fsp3) is 0.333. The number of nitrogens with zero attached hydrogens (tertiary/aromatic N) is 3. The second-order valence-corrected chi connectivity index (χ2v) is 4.44. The van der Waals surface area contributed by atoms with E-state index < -0.39 is 0 Å². The molecular weight excluding hydrogens is 238 g/mol. The van der Waals surface area contributed by atoms with Crippen LogP contribution in [0, 0.1) is 11.3 Å². The third-order valence-corrected chi connectivity index (χ3v) is 3.09. The lowest BCUT2D eigenvalue weighted by molar-refractivity contribution is 0.297. The first-order valence-corrected chi connectivity index (χ1v) is 6.40. The van der Waals surface area contributed by atoms with Crippen LogP contribution in [-0.2, 0) is 6.61 Å². The van der Waals surface area contributed by atoms with Gasteiger partial charge in [-0.1, -0.05) is 19.1 Å². The van der Waals surface area contributed by atoms with E-state index in [0.717, 1.165) is 12.1 Å². The van der Waals surface area contributed by atoms with Gasteiger partial charge < -0.3 is 4.74 Å². The highest BCUT2D eigenvalue weighted by Gasteiger charge is 2.06. The van der Waals surface area contributed by atoms with Crippen molar-refractivity contribution in [1.82, 2.24) is 9.78 Å². The number of rotatable bonds is 5. The van der Waals surface area contributed by atoms with E-state index in [0.29, 0.717) is 24.0 Å². The first-order valence-electron chi connectivity index (χ1n) is 6.40. The number of ether oxygens (including phenoxy) is 1. The lowest BCUT2D eigenvalue weighted by atomic mass is 10.2. The Balaban J connectivity index is 2.03. The van der Waals surface area contributed by atoms with E-state index >= 15 is 0 Å². The first-order chi connectivity index (χ1) is 9.24. The van der Waals surface area contributed by atoms with Gasteiger partial charge in [0, 0.05) is 12.2 Å². The van der Waals surface area contributed by atoms with Crippen LogP contribution in [0.5, 0.6) is 5.75 Å². The Kier molecular flexibility index (Phi) is 4.19. The summed E-state index contributed by atoms with van der Waals surface area (Å²) in [7, 11) is 0. The van der Waals surface area contributed by atoms with Crippen molar-refractivity contribution in [2.45, 2.75) is 32.9 Å². The quantitative estimate of drug-likeness (QED) is 0.823. The summed E-state index contributed by atoms with van der Waals surface area (Å²) in [5.41, 5.74) is 1.41. The monoisotopic (exact) mass is 255 g/mol. The van der Waals surface area contributed by atoms with E-state index in [-0.39, 0.29) is 0 Å². The van der Waals surface area contributed by atoms with E-state index in [1.54, 1.807) is 12.1 Å². The molecule has 1 aromatic carbocycles. The number of hydrogen-bond acceptors (Lipinski definition) is 3. The van der Waals surface area contributed by atoms with Gasteiger partial charge in [0.25, 0.3) is 0 Å². The lowest BCUT2D eigenvalue weighted by Gasteiger charge is -2.08. The van der Waals surface area contributed by atoms with Gasteiger partial charge in [-0.05, 0) is 31.5 Å². The third kappa shape index (κ3) is 3.14. The molecule has 4 nitrogen and oxygen atoms in total. The molecule has 0 amide bonds. The molecule has 19 heavy (non-hydrogen) atoms. The molecule has 4 heteroatoms. The number of nitriles is 1. The van der Waals surface area contributed by atoms with Crippen molar-refractivity contribution in [2.75, 3.05) is 0 Å². The Morgan fingerprint density at radius 2 is 2.16 bits per heavy atom. The Bertz CT molecular complexity index is 583. The maximum Gasteiger partial charge on any atom is 0.137 e. The molecule has 0 aliphatic carbocycles. The van der Waals surface area contributed by atoms with Crippen molar-refractivity contribution in [1.29, 1.82) is 5.26 Å². The van der Waals surface area contributed by atoms with E-state index in [9.17, 15) is 0 Å². The van der Waals surface area contributed by atoms with Gasteiger partial charge >= 0.3 is 0 Å². The molecule has 0 fully saturated rings. The lowest BCUT2D eigenvalue weighted by Crippen LogP contribution is -2.06. The Hall–Kier alpha value is -2.28. The summed E-state index contributed by atoms with van der Waals surface area (Å²) in [4.78, 5) is 0. The van der Waals surface area contributed by atoms with Gasteiger partial charge in [0.15, 0.2) is 0 Å². The molecule has 1 aromatic heterocycles. The molecule has 0 bridgehead atoms. The summed E-state index contributed by atoms with van der Waals surface area (Å²) in [6.45, 7) is 4.64. The van der Waals surface area contributed by atoms with Crippen LogP contribution in [0.25, 0.3) is 0 Å². The predicted molar refractivity (Wildman–Crippen MR) is 72.7 cm³/mol. The van der Waals surface area contributed by atoms with E-state index in [4.69, 9.17) is 10.00 Å². The number of benzene rings is 1. The number of hydrogen-bond donors (Lipinski definition) is 0. The Morgan fingerprint density at radius 3 is 2.89 bits per heavy atom. The summed E-state index contributed by atoms with van der Waals surface area (Å²) >= 11 is 0. The largest absolute Gasteiger partial charge is 0.486 e. The van der Waals surface area contributed by atoms with Gasteiger partial charge in [0.1, 0.15) is 18.4 Å². The second-order valence-electron chi connectivity index (χ2n) is 4.44. The average Bonchev–Trinajstić information content (AvgIpc) is 2.93. The fourth-order valence-corrected chi connectivity index (χ4v) is 1.72. The molecule has 0 radical (unpaired) electrons. The smallest absolute Gasteiger partial charge is 0.137 e. The molecule has 0 saturated carbocycles. The SMILES string of the molecule is CCC(C)n1ccc(COc2ccccc2C#N)n1. The standard InChI is InChI=1S/C15H17N3O/c1-3-12(2)18-9-8-14(17-18)11-19-15-7-5-4-6-13(15)10-16/h4-9,12H,3,11H2,1-2H3. The minimum atomic E-state index is 0.377. The molecule has 1 unspecified atom stereocenters. The highest BCUT2D eigenvalue weighted by molar-refractivity contribution is 5.42. The van der Waals surface area contributed by atoms with Gasteiger partial charge in [0.2, 0.25) is 0 Å². The van der Waals surface area contributed by atoms with Crippen LogP contribution in [-0.4, -0.2) is 9.78 Å². The van der Waals surface area contributed by atoms with Crippen LogP contribution in [0.4, 0.5) is 0 Å². The first kappa shape index (κ1) is 13.2. The molecule has 0 aliphatic rings. The van der Waals surface area contributed by atoms with Gasteiger partial charge in [-0.25, -0.2) is 0 Å². The van der Waals surface area contributed by atoms with Gasteiger partial charge in [-0.15, -0.1) is 0 Å². The number of aromatic nitrogens is 2. The predicted octanol–water partition coefficient (Wildman–Crippen LogP) is 3.30. The van der Waals surface area contributed by atoms with E-state index in [2.05, 4.69) is 25.0 Å². The van der Waals surface area contributed by atoms with Gasteiger partial charge in [0.05, 0.1) is 11.3 Å². The van der Waals surface area contributed by atoms with E-state index in [1.807, 2.05) is 29.1 Å². The fourth-order valence-electron chi connectivity index (χ4n) is 1.72. The van der Waals surface area contributed by atoms with Crippen molar-refractivity contribution in [3.8, 4) is 11.8 Å². The minimum absolute atomic E-state index is 0.377. The maximum absolute atomic E-state index is 8.97. The zero-order valence-corrected chi connectivity index (χ0v) is 11.2. The normalized spacial score (nSPS) is 11.8. The zero-order chi connectivity index (χ0) is 13.7. The van der Waals surface area contributed by atoms with Crippen molar-refractivity contribution < 1.29 is 4.74 Å². The highest BCUT2D eigenvalue weighted by Crippen LogP contribution is 2.18. The van der Waals surface area contributed by atoms with Crippen LogP contribution in [0.2, 0.25) is 0 Å². The average molecular weight is 255 g/mol.